The quantitative estimate of drug-likeness (QED) is 0.685. The maximum absolute atomic E-state index is 12.3. The molecule has 0 saturated carbocycles. The third-order valence-electron chi connectivity index (χ3n) is 2.64. The van der Waals surface area contributed by atoms with Crippen LogP contribution in [0.4, 0.5) is 0 Å². The van der Waals surface area contributed by atoms with Crippen molar-refractivity contribution in [3.05, 3.63) is 45.6 Å². The summed E-state index contributed by atoms with van der Waals surface area (Å²) in [7, 11) is 0. The van der Waals surface area contributed by atoms with Crippen LogP contribution in [0.15, 0.2) is 44.6 Å². The van der Waals surface area contributed by atoms with E-state index in [1.807, 2.05) is 0 Å². The largest absolute Gasteiger partial charge is 0.463 e. The van der Waals surface area contributed by atoms with E-state index in [4.69, 9.17) is 9.15 Å². The molecule has 0 aliphatic rings. The molecule has 19 heavy (non-hydrogen) atoms. The monoisotopic (exact) mass is 273 g/mol. The molecule has 2 heterocycles. The van der Waals surface area contributed by atoms with Gasteiger partial charge in [0.25, 0.3) is 6.47 Å². The highest BCUT2D eigenvalue weighted by atomic mass is 32.1. The van der Waals surface area contributed by atoms with Crippen LogP contribution >= 0.6 is 11.3 Å². The molecule has 3 rings (SSSR count). The Bertz CT molecular complexity index is 792. The third kappa shape index (κ3) is 2.02. The normalized spacial score (nSPS) is 10.5. The molecule has 0 atom stereocenters. The van der Waals surface area contributed by atoms with Crippen LogP contribution in [0.25, 0.3) is 22.2 Å². The Morgan fingerprint density at radius 3 is 3.00 bits per heavy atom. The highest BCUT2D eigenvalue weighted by Gasteiger charge is 2.11. The van der Waals surface area contributed by atoms with E-state index in [-0.39, 0.29) is 5.43 Å². The molecule has 0 fully saturated rings. The lowest BCUT2D eigenvalue weighted by atomic mass is 10.1. The average Bonchev–Trinajstić information content (AvgIpc) is 2.93. The minimum absolute atomic E-state index is 0.162. The zero-order valence-corrected chi connectivity index (χ0v) is 10.3. The lowest BCUT2D eigenvalue weighted by molar-refractivity contribution is -0.120. The number of benzene rings is 1. The molecule has 0 radical (unpaired) electrons. The molecule has 1 aromatic carbocycles. The second-order valence-corrected chi connectivity index (χ2v) is 4.44. The summed E-state index contributed by atoms with van der Waals surface area (Å²) in [5.41, 5.74) is 2.86. The van der Waals surface area contributed by atoms with Gasteiger partial charge in [0.15, 0.2) is 0 Å². The van der Waals surface area contributed by atoms with Gasteiger partial charge in [-0.2, -0.15) is 0 Å². The summed E-state index contributed by atoms with van der Waals surface area (Å²) < 4.78 is 10.1. The van der Waals surface area contributed by atoms with Crippen molar-refractivity contribution in [2.75, 3.05) is 0 Å². The van der Waals surface area contributed by atoms with Gasteiger partial charge in [0.1, 0.15) is 17.6 Å². The standard InChI is InChI=1S/C13H7NO4S/c15-7-18-8-1-2-9-12(3-8)17-4-10(13(9)16)11-5-19-6-14-11/h1-7H. The van der Waals surface area contributed by atoms with E-state index in [1.54, 1.807) is 23.0 Å². The highest BCUT2D eigenvalue weighted by Crippen LogP contribution is 2.22. The van der Waals surface area contributed by atoms with Crippen molar-refractivity contribution in [1.82, 2.24) is 4.98 Å². The summed E-state index contributed by atoms with van der Waals surface area (Å²) in [4.78, 5) is 26.6. The summed E-state index contributed by atoms with van der Waals surface area (Å²) >= 11 is 1.41. The Kier molecular flexibility index (Phi) is 2.85. The number of carbonyl (C=O) groups excluding carboxylic acids is 1. The van der Waals surface area contributed by atoms with Crippen LogP contribution in [0.3, 0.4) is 0 Å². The first-order valence-corrected chi connectivity index (χ1v) is 6.28. The van der Waals surface area contributed by atoms with Crippen LogP contribution in [0.2, 0.25) is 0 Å². The molecule has 0 bridgehead atoms. The van der Waals surface area contributed by atoms with Crippen LogP contribution in [-0.4, -0.2) is 11.5 Å². The van der Waals surface area contributed by atoms with Crippen molar-refractivity contribution >= 4 is 28.8 Å². The van der Waals surface area contributed by atoms with Crippen LogP contribution in [0.1, 0.15) is 0 Å². The Labute approximate surface area is 111 Å². The van der Waals surface area contributed by atoms with Gasteiger partial charge in [0.2, 0.25) is 5.43 Å². The molecule has 0 aliphatic heterocycles. The average molecular weight is 273 g/mol. The van der Waals surface area contributed by atoms with Gasteiger partial charge in [-0.15, -0.1) is 11.3 Å². The lowest BCUT2D eigenvalue weighted by Gasteiger charge is -2.02. The van der Waals surface area contributed by atoms with Crippen molar-refractivity contribution in [2.45, 2.75) is 0 Å². The number of carbonyl (C=O) groups is 1. The molecule has 5 nitrogen and oxygen atoms in total. The van der Waals surface area contributed by atoms with Gasteiger partial charge in [-0.3, -0.25) is 9.59 Å². The molecule has 0 unspecified atom stereocenters. The molecule has 0 N–H and O–H groups in total. The van der Waals surface area contributed by atoms with E-state index in [0.29, 0.717) is 34.4 Å². The third-order valence-corrected chi connectivity index (χ3v) is 3.23. The van der Waals surface area contributed by atoms with Crippen molar-refractivity contribution in [3.63, 3.8) is 0 Å². The van der Waals surface area contributed by atoms with E-state index in [9.17, 15) is 9.59 Å². The van der Waals surface area contributed by atoms with Crippen LogP contribution in [0, 0.1) is 0 Å². The van der Waals surface area contributed by atoms with E-state index < -0.39 is 0 Å². The maximum Gasteiger partial charge on any atom is 0.298 e. The number of nitrogens with zero attached hydrogens (tertiary/aromatic N) is 1. The van der Waals surface area contributed by atoms with E-state index in [1.165, 1.54) is 23.7 Å². The number of hydrogen-bond acceptors (Lipinski definition) is 6. The number of fused-ring (bicyclic) bond motifs is 1. The van der Waals surface area contributed by atoms with Crippen LogP contribution in [-0.2, 0) is 4.79 Å². The van der Waals surface area contributed by atoms with Gasteiger partial charge >= 0.3 is 0 Å². The van der Waals surface area contributed by atoms with Crippen LogP contribution in [0.5, 0.6) is 5.75 Å². The van der Waals surface area contributed by atoms with Gasteiger partial charge in [-0.1, -0.05) is 0 Å². The molecule has 0 aliphatic carbocycles. The molecular formula is C13H7NO4S. The second-order valence-electron chi connectivity index (χ2n) is 3.72. The van der Waals surface area contributed by atoms with Crippen molar-refractivity contribution < 1.29 is 13.9 Å². The number of thiazole rings is 1. The molecule has 6 heteroatoms. The number of hydrogen-bond donors (Lipinski definition) is 0. The van der Waals surface area contributed by atoms with Crippen molar-refractivity contribution in [1.29, 1.82) is 0 Å². The molecule has 0 amide bonds. The summed E-state index contributed by atoms with van der Waals surface area (Å²) in [5.74, 6) is 0.326. The van der Waals surface area contributed by atoms with E-state index in [0.717, 1.165) is 0 Å². The predicted molar refractivity (Wildman–Crippen MR) is 70.3 cm³/mol. The molecule has 94 valence electrons. The van der Waals surface area contributed by atoms with Gasteiger partial charge < -0.3 is 9.15 Å². The number of rotatable bonds is 3. The minimum atomic E-state index is -0.162. The van der Waals surface area contributed by atoms with Crippen molar-refractivity contribution in [3.8, 4) is 17.0 Å². The fourth-order valence-corrected chi connectivity index (χ4v) is 2.31. The van der Waals surface area contributed by atoms with Gasteiger partial charge in [-0.25, -0.2) is 4.98 Å². The van der Waals surface area contributed by atoms with Crippen molar-refractivity contribution in [2.24, 2.45) is 0 Å². The summed E-state index contributed by atoms with van der Waals surface area (Å²) in [6.07, 6.45) is 1.37. The zero-order chi connectivity index (χ0) is 13.2. The fraction of sp³-hybridized carbons (Fsp3) is 0. The first-order valence-electron chi connectivity index (χ1n) is 5.34. The first-order chi connectivity index (χ1) is 9.29. The SMILES string of the molecule is O=COc1ccc2c(=O)c(-c3cscn3)coc2c1. The number of ether oxygens (including phenoxy) is 1. The van der Waals surface area contributed by atoms with Gasteiger partial charge in [-0.05, 0) is 12.1 Å². The Morgan fingerprint density at radius 1 is 1.37 bits per heavy atom. The Hall–Kier alpha value is -2.47. The first kappa shape index (κ1) is 11.6. The van der Waals surface area contributed by atoms with Gasteiger partial charge in [0.05, 0.1) is 22.2 Å². The molecule has 0 saturated heterocycles. The topological polar surface area (TPSA) is 69.4 Å². The molecule has 3 aromatic rings. The Morgan fingerprint density at radius 2 is 2.26 bits per heavy atom. The summed E-state index contributed by atoms with van der Waals surface area (Å²) in [6, 6.07) is 4.60. The zero-order valence-electron chi connectivity index (χ0n) is 9.53. The van der Waals surface area contributed by atoms with Gasteiger partial charge in [0, 0.05) is 11.4 Å². The molecule has 0 spiro atoms. The summed E-state index contributed by atoms with van der Waals surface area (Å²) in [5, 5.41) is 2.20. The minimum Gasteiger partial charge on any atom is -0.463 e. The van der Waals surface area contributed by atoms with E-state index in [2.05, 4.69) is 4.98 Å². The van der Waals surface area contributed by atoms with E-state index >= 15 is 0 Å². The molecule has 2 aromatic heterocycles. The number of aromatic nitrogens is 1. The maximum atomic E-state index is 12.3. The fourth-order valence-electron chi connectivity index (χ4n) is 1.76. The lowest BCUT2D eigenvalue weighted by Crippen LogP contribution is -2.05. The highest BCUT2D eigenvalue weighted by molar-refractivity contribution is 7.07. The van der Waals surface area contributed by atoms with Crippen LogP contribution < -0.4 is 10.2 Å². The summed E-state index contributed by atoms with van der Waals surface area (Å²) in [6.45, 7) is 0.322. The smallest absolute Gasteiger partial charge is 0.298 e. The second kappa shape index (κ2) is 4.66. The predicted octanol–water partition coefficient (Wildman–Crippen LogP) is 2.45. The Balaban J connectivity index is 2.21. The molecular weight excluding hydrogens is 266 g/mol.